The number of hydrogen-bond donors (Lipinski definition) is 3. The number of unbranched alkanes of at least 4 members (excludes halogenated alkanes) is 2. The zero-order valence-corrected chi connectivity index (χ0v) is 16.8. The van der Waals surface area contributed by atoms with Gasteiger partial charge in [0.15, 0.2) is 0 Å². The van der Waals surface area contributed by atoms with Gasteiger partial charge in [-0.15, -0.1) is 0 Å². The van der Waals surface area contributed by atoms with Crippen molar-refractivity contribution in [2.45, 2.75) is 103 Å². The maximum Gasteiger partial charge on any atom is 0.0631 e. The summed E-state index contributed by atoms with van der Waals surface area (Å²) in [5, 5.41) is 31.3. The van der Waals surface area contributed by atoms with Gasteiger partial charge in [0, 0.05) is 12.3 Å². The number of rotatable bonds is 11. The summed E-state index contributed by atoms with van der Waals surface area (Å²) < 4.78 is 0. The highest BCUT2D eigenvalue weighted by Crippen LogP contribution is 2.48. The van der Waals surface area contributed by atoms with Crippen molar-refractivity contribution in [3.05, 3.63) is 24.3 Å². The number of aliphatic hydroxyl groups excluding tert-OH is 3. The SMILES string of the molecule is CCCC/C=C\C[C@@H]1[C@@H](/C=C/CC(O)C2(CCC)CCC2)[C@H](O)C[C@@H]1O. The van der Waals surface area contributed by atoms with Gasteiger partial charge in [0.05, 0.1) is 18.3 Å². The molecule has 1 unspecified atom stereocenters. The van der Waals surface area contributed by atoms with Crippen LogP contribution in [0.1, 0.15) is 84.5 Å². The van der Waals surface area contributed by atoms with Crippen molar-refractivity contribution in [2.75, 3.05) is 0 Å². The Kier molecular flexibility index (Phi) is 8.86. The molecule has 0 spiro atoms. The molecule has 2 fully saturated rings. The van der Waals surface area contributed by atoms with Crippen LogP contribution in [0.3, 0.4) is 0 Å². The molecule has 150 valence electrons. The van der Waals surface area contributed by atoms with E-state index in [2.05, 4.69) is 38.2 Å². The smallest absolute Gasteiger partial charge is 0.0631 e. The van der Waals surface area contributed by atoms with Crippen LogP contribution in [-0.4, -0.2) is 33.6 Å². The molecule has 2 aliphatic carbocycles. The van der Waals surface area contributed by atoms with E-state index in [0.717, 1.165) is 38.5 Å². The summed E-state index contributed by atoms with van der Waals surface area (Å²) in [6, 6.07) is 0. The number of allylic oxidation sites excluding steroid dienone is 2. The Labute approximate surface area is 160 Å². The molecular weight excluding hydrogens is 324 g/mol. The molecule has 2 aliphatic rings. The third kappa shape index (κ3) is 5.43. The highest BCUT2D eigenvalue weighted by molar-refractivity contribution is 5.06. The van der Waals surface area contributed by atoms with Gasteiger partial charge in [-0.2, -0.15) is 0 Å². The molecule has 3 heteroatoms. The Morgan fingerprint density at radius 3 is 2.42 bits per heavy atom. The monoisotopic (exact) mass is 364 g/mol. The maximum absolute atomic E-state index is 10.7. The molecule has 0 aromatic rings. The molecule has 0 aromatic carbocycles. The fourth-order valence-corrected chi connectivity index (χ4v) is 4.89. The zero-order valence-electron chi connectivity index (χ0n) is 16.8. The molecule has 0 radical (unpaired) electrons. The summed E-state index contributed by atoms with van der Waals surface area (Å²) >= 11 is 0. The largest absolute Gasteiger partial charge is 0.393 e. The number of aliphatic hydroxyl groups is 3. The highest BCUT2D eigenvalue weighted by Gasteiger charge is 2.42. The first-order valence-corrected chi connectivity index (χ1v) is 10.9. The standard InChI is InChI=1S/C23H40O3/c1-3-5-6-7-8-11-18-19(21(25)17-20(18)24)12-9-13-22(26)23(14-4-2)15-10-16-23/h7-9,12,18-22,24-26H,3-6,10-11,13-17H2,1-2H3/b8-7-,12-9+/t18-,19-,20+,21-,22?/m1/s1. The third-order valence-corrected chi connectivity index (χ3v) is 6.74. The highest BCUT2D eigenvalue weighted by atomic mass is 16.3. The molecular formula is C23H40O3. The van der Waals surface area contributed by atoms with Gasteiger partial charge in [-0.05, 0) is 49.9 Å². The van der Waals surface area contributed by atoms with E-state index in [1.54, 1.807) is 0 Å². The van der Waals surface area contributed by atoms with E-state index in [1.165, 1.54) is 19.3 Å². The summed E-state index contributed by atoms with van der Waals surface area (Å²) in [6.45, 7) is 4.38. The molecule has 3 N–H and O–H groups in total. The van der Waals surface area contributed by atoms with E-state index in [-0.39, 0.29) is 23.4 Å². The zero-order chi connectivity index (χ0) is 19.0. The van der Waals surface area contributed by atoms with Crippen molar-refractivity contribution in [1.82, 2.24) is 0 Å². The quantitative estimate of drug-likeness (QED) is 0.366. The Balaban J connectivity index is 1.88. The fourth-order valence-electron chi connectivity index (χ4n) is 4.89. The van der Waals surface area contributed by atoms with Crippen LogP contribution in [0.4, 0.5) is 0 Å². The van der Waals surface area contributed by atoms with E-state index < -0.39 is 12.2 Å². The van der Waals surface area contributed by atoms with Gasteiger partial charge in [-0.1, -0.05) is 63.8 Å². The first-order chi connectivity index (χ1) is 12.5. The van der Waals surface area contributed by atoms with Crippen LogP contribution in [-0.2, 0) is 0 Å². The predicted molar refractivity (Wildman–Crippen MR) is 108 cm³/mol. The minimum atomic E-state index is -0.472. The molecule has 2 saturated carbocycles. The fraction of sp³-hybridized carbons (Fsp3) is 0.826. The van der Waals surface area contributed by atoms with Gasteiger partial charge in [-0.3, -0.25) is 0 Å². The maximum atomic E-state index is 10.7. The van der Waals surface area contributed by atoms with Gasteiger partial charge in [0.25, 0.3) is 0 Å². The van der Waals surface area contributed by atoms with Gasteiger partial charge in [0.1, 0.15) is 0 Å². The van der Waals surface area contributed by atoms with Gasteiger partial charge < -0.3 is 15.3 Å². The Morgan fingerprint density at radius 2 is 1.81 bits per heavy atom. The van der Waals surface area contributed by atoms with E-state index in [0.29, 0.717) is 12.8 Å². The Morgan fingerprint density at radius 1 is 1.04 bits per heavy atom. The summed E-state index contributed by atoms with van der Waals surface area (Å²) in [6.07, 6.45) is 18.5. The molecule has 0 saturated heterocycles. The summed E-state index contributed by atoms with van der Waals surface area (Å²) in [5.41, 5.74) is 0.133. The summed E-state index contributed by atoms with van der Waals surface area (Å²) in [7, 11) is 0. The first kappa shape index (κ1) is 21.7. The molecule has 0 bridgehead atoms. The van der Waals surface area contributed by atoms with Crippen LogP contribution in [0.25, 0.3) is 0 Å². The molecule has 0 aromatic heterocycles. The van der Waals surface area contributed by atoms with Crippen LogP contribution < -0.4 is 0 Å². The van der Waals surface area contributed by atoms with E-state index >= 15 is 0 Å². The Bertz CT molecular complexity index is 452. The van der Waals surface area contributed by atoms with Gasteiger partial charge in [-0.25, -0.2) is 0 Å². The molecule has 2 rings (SSSR count). The van der Waals surface area contributed by atoms with Crippen molar-refractivity contribution >= 4 is 0 Å². The van der Waals surface area contributed by atoms with E-state index in [4.69, 9.17) is 0 Å². The van der Waals surface area contributed by atoms with E-state index in [9.17, 15) is 15.3 Å². The lowest BCUT2D eigenvalue weighted by Crippen LogP contribution is -2.41. The summed E-state index contributed by atoms with van der Waals surface area (Å²) in [4.78, 5) is 0. The second kappa shape index (κ2) is 10.6. The van der Waals surface area contributed by atoms with Crippen molar-refractivity contribution in [2.24, 2.45) is 17.3 Å². The first-order valence-electron chi connectivity index (χ1n) is 10.9. The molecule has 3 nitrogen and oxygen atoms in total. The molecule has 0 heterocycles. The van der Waals surface area contributed by atoms with Crippen LogP contribution in [0.15, 0.2) is 24.3 Å². The van der Waals surface area contributed by atoms with Crippen molar-refractivity contribution in [3.8, 4) is 0 Å². The summed E-state index contributed by atoms with van der Waals surface area (Å²) in [5.74, 6) is 0.0844. The predicted octanol–water partition coefficient (Wildman–Crippen LogP) is 4.76. The minimum absolute atomic E-state index is 0.00320. The van der Waals surface area contributed by atoms with Crippen molar-refractivity contribution in [3.63, 3.8) is 0 Å². The van der Waals surface area contributed by atoms with Gasteiger partial charge >= 0.3 is 0 Å². The minimum Gasteiger partial charge on any atom is -0.393 e. The second-order valence-electron chi connectivity index (χ2n) is 8.61. The average molecular weight is 365 g/mol. The average Bonchev–Trinajstić information content (AvgIpc) is 2.84. The number of hydrogen-bond acceptors (Lipinski definition) is 3. The van der Waals surface area contributed by atoms with Crippen LogP contribution in [0, 0.1) is 17.3 Å². The van der Waals surface area contributed by atoms with Gasteiger partial charge in [0.2, 0.25) is 0 Å². The van der Waals surface area contributed by atoms with Crippen LogP contribution in [0.2, 0.25) is 0 Å². The molecule has 26 heavy (non-hydrogen) atoms. The third-order valence-electron chi connectivity index (χ3n) is 6.74. The molecule has 0 aliphatic heterocycles. The van der Waals surface area contributed by atoms with E-state index in [1.807, 2.05) is 0 Å². The van der Waals surface area contributed by atoms with Crippen molar-refractivity contribution in [1.29, 1.82) is 0 Å². The topological polar surface area (TPSA) is 60.7 Å². The lowest BCUT2D eigenvalue weighted by atomic mass is 9.62. The lowest BCUT2D eigenvalue weighted by Gasteiger charge is -2.45. The van der Waals surface area contributed by atoms with Crippen LogP contribution >= 0.6 is 0 Å². The second-order valence-corrected chi connectivity index (χ2v) is 8.61. The normalized spacial score (nSPS) is 32.3. The molecule has 5 atom stereocenters. The Hall–Kier alpha value is -0.640. The van der Waals surface area contributed by atoms with Crippen molar-refractivity contribution < 1.29 is 15.3 Å². The lowest BCUT2D eigenvalue weighted by molar-refractivity contribution is -0.0396. The van der Waals surface area contributed by atoms with Crippen LogP contribution in [0.5, 0.6) is 0 Å². The molecule has 0 amide bonds.